The molecule has 0 bridgehead atoms. The Bertz CT molecular complexity index is 180. The van der Waals surface area contributed by atoms with Crippen molar-refractivity contribution in [3.63, 3.8) is 0 Å². The molecule has 2 N–H and O–H groups in total. The minimum absolute atomic E-state index is 0.713. The van der Waals surface area contributed by atoms with Crippen LogP contribution in [0.1, 0.15) is 13.3 Å². The summed E-state index contributed by atoms with van der Waals surface area (Å²) < 4.78 is 4.86. The van der Waals surface area contributed by atoms with Crippen molar-refractivity contribution in [2.75, 3.05) is 7.11 Å². The molecule has 2 heteroatoms. The first-order chi connectivity index (χ1) is 5.20. The van der Waals surface area contributed by atoms with Crippen LogP contribution in [-0.2, 0) is 4.74 Å². The highest BCUT2D eigenvalue weighted by Gasteiger charge is 1.85. The summed E-state index contributed by atoms with van der Waals surface area (Å²) in [7, 11) is 1.61. The molecule has 0 aliphatic rings. The molecule has 2 nitrogen and oxygen atoms in total. The molecule has 0 aliphatic heterocycles. The first-order valence-corrected chi connectivity index (χ1v) is 3.50. The molecule has 0 unspecified atom stereocenters. The van der Waals surface area contributed by atoms with E-state index in [2.05, 4.69) is 6.58 Å². The zero-order valence-electron chi connectivity index (χ0n) is 7.13. The number of methoxy groups -OCH3 is 1. The Hall–Kier alpha value is -1.18. The first kappa shape index (κ1) is 9.82. The third kappa shape index (κ3) is 5.27. The van der Waals surface area contributed by atoms with Crippen molar-refractivity contribution in [1.82, 2.24) is 0 Å². The van der Waals surface area contributed by atoms with Crippen LogP contribution in [0.2, 0.25) is 0 Å². The van der Waals surface area contributed by atoms with Crippen LogP contribution >= 0.6 is 0 Å². The van der Waals surface area contributed by atoms with Crippen molar-refractivity contribution >= 4 is 0 Å². The summed E-state index contributed by atoms with van der Waals surface area (Å²) in [4.78, 5) is 0. The van der Waals surface area contributed by atoms with Crippen LogP contribution in [0.5, 0.6) is 0 Å². The lowest BCUT2D eigenvalue weighted by Gasteiger charge is -1.97. The molecule has 0 atom stereocenters. The van der Waals surface area contributed by atoms with E-state index in [1.54, 1.807) is 7.11 Å². The van der Waals surface area contributed by atoms with Gasteiger partial charge < -0.3 is 10.5 Å². The van der Waals surface area contributed by atoms with Crippen LogP contribution in [0.25, 0.3) is 0 Å². The summed E-state index contributed by atoms with van der Waals surface area (Å²) in [5.41, 5.74) is 6.26. The lowest BCUT2D eigenvalue weighted by molar-refractivity contribution is 0.287. The number of ether oxygens (including phenoxy) is 1. The molecular weight excluding hydrogens is 138 g/mol. The molecule has 0 saturated heterocycles. The molecule has 0 heterocycles. The quantitative estimate of drug-likeness (QED) is 0.495. The van der Waals surface area contributed by atoms with Gasteiger partial charge in [0.25, 0.3) is 0 Å². The number of hydrogen-bond donors (Lipinski definition) is 1. The monoisotopic (exact) mass is 153 g/mol. The van der Waals surface area contributed by atoms with E-state index in [1.165, 1.54) is 0 Å². The molecule has 62 valence electrons. The number of rotatable bonds is 4. The Morgan fingerprint density at radius 1 is 1.64 bits per heavy atom. The van der Waals surface area contributed by atoms with Crippen molar-refractivity contribution in [3.8, 4) is 0 Å². The Labute approximate surface area is 68.0 Å². The molecule has 0 rings (SSSR count). The fraction of sp³-hybridized carbons (Fsp3) is 0.333. The van der Waals surface area contributed by atoms with Crippen molar-refractivity contribution in [1.29, 1.82) is 0 Å². The maximum Gasteiger partial charge on any atom is 0.0921 e. The molecule has 0 saturated carbocycles. The first-order valence-electron chi connectivity index (χ1n) is 3.50. The third-order valence-electron chi connectivity index (χ3n) is 1.28. The molecule has 0 spiro atoms. The summed E-state index contributed by atoms with van der Waals surface area (Å²) in [6, 6.07) is 0. The number of hydrogen-bond acceptors (Lipinski definition) is 2. The van der Waals surface area contributed by atoms with Gasteiger partial charge in [-0.2, -0.15) is 0 Å². The minimum atomic E-state index is 0.713. The van der Waals surface area contributed by atoms with Gasteiger partial charge in [-0.05, 0) is 13.0 Å². The second-order valence-corrected chi connectivity index (χ2v) is 2.14. The molecule has 0 amide bonds. The Morgan fingerprint density at radius 2 is 2.27 bits per heavy atom. The van der Waals surface area contributed by atoms with Gasteiger partial charge >= 0.3 is 0 Å². The normalized spacial score (nSPS) is 12.0. The average molecular weight is 153 g/mol. The van der Waals surface area contributed by atoms with Gasteiger partial charge in [-0.25, -0.2) is 0 Å². The summed E-state index contributed by atoms with van der Waals surface area (Å²) in [6.07, 6.45) is 6.31. The maximum atomic E-state index is 5.50. The molecule has 0 fully saturated rings. The molecule has 0 aromatic heterocycles. The van der Waals surface area contributed by atoms with Gasteiger partial charge in [0.1, 0.15) is 0 Å². The van der Waals surface area contributed by atoms with Gasteiger partial charge in [0.05, 0.1) is 12.9 Å². The average Bonchev–Trinajstić information content (AvgIpc) is 2.04. The smallest absolute Gasteiger partial charge is 0.0921 e. The van der Waals surface area contributed by atoms with Crippen LogP contribution in [0, 0.1) is 0 Å². The minimum Gasteiger partial charge on any atom is -0.501 e. The Balaban J connectivity index is 3.69. The zero-order chi connectivity index (χ0) is 8.69. The Kier molecular flexibility index (Phi) is 4.99. The predicted octanol–water partition coefficient (Wildman–Crippen LogP) is 1.96. The molecular formula is C9H15NO. The standard InChI is InChI=1S/C9H15NO/c1-4-9(10)7-5-6-8(2)11-3/h4-5,7H,2,6,10H2,1,3H3/b7-5?,9-4+. The fourth-order valence-electron chi connectivity index (χ4n) is 0.506. The summed E-state index contributed by atoms with van der Waals surface area (Å²) >= 11 is 0. The van der Waals surface area contributed by atoms with Crippen molar-refractivity contribution in [2.45, 2.75) is 13.3 Å². The van der Waals surface area contributed by atoms with E-state index < -0.39 is 0 Å². The summed E-state index contributed by atoms with van der Waals surface area (Å²) in [6.45, 7) is 5.56. The van der Waals surface area contributed by atoms with Crippen molar-refractivity contribution in [3.05, 3.63) is 36.3 Å². The Morgan fingerprint density at radius 3 is 2.73 bits per heavy atom. The van der Waals surface area contributed by atoms with Crippen LogP contribution in [0.4, 0.5) is 0 Å². The second-order valence-electron chi connectivity index (χ2n) is 2.14. The van der Waals surface area contributed by atoms with E-state index >= 15 is 0 Å². The lowest BCUT2D eigenvalue weighted by atomic mass is 10.3. The van der Waals surface area contributed by atoms with Gasteiger partial charge in [0, 0.05) is 12.1 Å². The van der Waals surface area contributed by atoms with E-state index in [4.69, 9.17) is 10.5 Å². The third-order valence-corrected chi connectivity index (χ3v) is 1.28. The molecule has 0 aliphatic carbocycles. The van der Waals surface area contributed by atoms with Crippen molar-refractivity contribution in [2.24, 2.45) is 5.73 Å². The van der Waals surface area contributed by atoms with Crippen LogP contribution in [0.15, 0.2) is 36.3 Å². The predicted molar refractivity (Wildman–Crippen MR) is 47.9 cm³/mol. The zero-order valence-corrected chi connectivity index (χ0v) is 7.13. The van der Waals surface area contributed by atoms with E-state index in [9.17, 15) is 0 Å². The number of nitrogens with two attached hydrogens (primary N) is 1. The largest absolute Gasteiger partial charge is 0.501 e. The van der Waals surface area contributed by atoms with Crippen LogP contribution < -0.4 is 5.73 Å². The molecule has 0 radical (unpaired) electrons. The van der Waals surface area contributed by atoms with Crippen LogP contribution in [-0.4, -0.2) is 7.11 Å². The van der Waals surface area contributed by atoms with Gasteiger partial charge in [-0.15, -0.1) is 0 Å². The highest BCUT2D eigenvalue weighted by atomic mass is 16.5. The summed E-state index contributed by atoms with van der Waals surface area (Å²) in [5, 5.41) is 0. The van der Waals surface area contributed by atoms with E-state index in [-0.39, 0.29) is 0 Å². The molecule has 0 aromatic carbocycles. The molecule has 0 aromatic rings. The fourth-order valence-corrected chi connectivity index (χ4v) is 0.506. The van der Waals surface area contributed by atoms with Gasteiger partial charge in [-0.3, -0.25) is 0 Å². The SMILES string of the molecule is C=C(CC=C/C(N)=C\C)OC. The second kappa shape index (κ2) is 5.59. The van der Waals surface area contributed by atoms with E-state index in [0.717, 1.165) is 11.5 Å². The number of allylic oxidation sites excluding steroid dienone is 3. The van der Waals surface area contributed by atoms with E-state index in [0.29, 0.717) is 6.42 Å². The highest BCUT2D eigenvalue weighted by Crippen LogP contribution is 1.99. The maximum absolute atomic E-state index is 5.50. The van der Waals surface area contributed by atoms with E-state index in [1.807, 2.05) is 25.2 Å². The molecule has 11 heavy (non-hydrogen) atoms. The van der Waals surface area contributed by atoms with Gasteiger partial charge in [-0.1, -0.05) is 18.7 Å². The lowest BCUT2D eigenvalue weighted by Crippen LogP contribution is -1.91. The van der Waals surface area contributed by atoms with Gasteiger partial charge in [0.15, 0.2) is 0 Å². The van der Waals surface area contributed by atoms with Gasteiger partial charge in [0.2, 0.25) is 0 Å². The highest BCUT2D eigenvalue weighted by molar-refractivity contribution is 5.14. The topological polar surface area (TPSA) is 35.2 Å². The van der Waals surface area contributed by atoms with Crippen molar-refractivity contribution < 1.29 is 4.74 Å². The van der Waals surface area contributed by atoms with Crippen LogP contribution in [0.3, 0.4) is 0 Å². The summed E-state index contributed by atoms with van der Waals surface area (Å²) in [5.74, 6) is 0.741.